The van der Waals surface area contributed by atoms with E-state index in [1.54, 1.807) is 6.07 Å². The van der Waals surface area contributed by atoms with Gasteiger partial charge in [0.05, 0.1) is 6.04 Å². The first kappa shape index (κ1) is 10.7. The van der Waals surface area contributed by atoms with Crippen molar-refractivity contribution in [1.29, 1.82) is 0 Å². The fourth-order valence-electron chi connectivity index (χ4n) is 0.987. The highest BCUT2D eigenvalue weighted by molar-refractivity contribution is 5.94. The molecule has 0 fully saturated rings. The van der Waals surface area contributed by atoms with E-state index in [9.17, 15) is 9.18 Å². The molecule has 14 heavy (non-hydrogen) atoms. The largest absolute Gasteiger partial charge is 0.325 e. The van der Waals surface area contributed by atoms with E-state index in [1.165, 1.54) is 18.2 Å². The van der Waals surface area contributed by atoms with Crippen LogP contribution in [0, 0.1) is 5.82 Å². The Balaban J connectivity index is 2.65. The van der Waals surface area contributed by atoms with Gasteiger partial charge in [-0.15, -0.1) is 0 Å². The molecule has 4 heteroatoms. The number of amides is 1. The molecule has 0 aliphatic heterocycles. The Hall–Kier alpha value is -1.42. The second-order valence-electron chi connectivity index (χ2n) is 3.01. The Morgan fingerprint density at radius 1 is 1.64 bits per heavy atom. The summed E-state index contributed by atoms with van der Waals surface area (Å²) in [6.07, 6.45) is 0.557. The molecular weight excluding hydrogens is 183 g/mol. The fourth-order valence-corrected chi connectivity index (χ4v) is 0.987. The fraction of sp³-hybridized carbons (Fsp3) is 0.300. The van der Waals surface area contributed by atoms with E-state index < -0.39 is 6.04 Å². The lowest BCUT2D eigenvalue weighted by atomic mass is 10.2. The molecule has 3 N–H and O–H groups in total. The van der Waals surface area contributed by atoms with Crippen LogP contribution in [0.1, 0.15) is 13.3 Å². The topological polar surface area (TPSA) is 55.1 Å². The highest BCUT2D eigenvalue weighted by Crippen LogP contribution is 2.09. The van der Waals surface area contributed by atoms with Gasteiger partial charge in [-0.3, -0.25) is 4.79 Å². The third-order valence-corrected chi connectivity index (χ3v) is 1.87. The summed E-state index contributed by atoms with van der Waals surface area (Å²) < 4.78 is 12.7. The minimum Gasteiger partial charge on any atom is -0.325 e. The number of hydrogen-bond acceptors (Lipinski definition) is 2. The number of carbonyl (C=O) groups excluding carboxylic acids is 1. The van der Waals surface area contributed by atoms with Crippen LogP contribution >= 0.6 is 0 Å². The third-order valence-electron chi connectivity index (χ3n) is 1.87. The van der Waals surface area contributed by atoms with Crippen LogP contribution in [0.4, 0.5) is 10.1 Å². The number of rotatable bonds is 3. The van der Waals surface area contributed by atoms with Gasteiger partial charge in [-0.05, 0) is 24.6 Å². The van der Waals surface area contributed by atoms with Gasteiger partial charge in [-0.2, -0.15) is 0 Å². The molecule has 3 nitrogen and oxygen atoms in total. The number of hydrogen-bond donors (Lipinski definition) is 2. The molecule has 0 bridgehead atoms. The van der Waals surface area contributed by atoms with Crippen LogP contribution in [0.15, 0.2) is 24.3 Å². The molecule has 1 aromatic rings. The number of nitrogens with one attached hydrogen (secondary N) is 1. The standard InChI is InChI=1S/C10H13FN2O/c1-2-9(12)10(14)13-8-5-3-4-7(11)6-8/h3-6,9H,2,12H2,1H3,(H,13,14). The quantitative estimate of drug-likeness (QED) is 0.769. The maximum Gasteiger partial charge on any atom is 0.241 e. The van der Waals surface area contributed by atoms with Crippen LogP contribution < -0.4 is 11.1 Å². The maximum atomic E-state index is 12.7. The monoisotopic (exact) mass is 196 g/mol. The summed E-state index contributed by atoms with van der Waals surface area (Å²) in [5, 5.41) is 2.53. The molecule has 0 heterocycles. The molecule has 76 valence electrons. The predicted molar refractivity (Wildman–Crippen MR) is 53.3 cm³/mol. The molecular formula is C10H13FN2O. The maximum absolute atomic E-state index is 12.7. The molecule has 0 saturated heterocycles. The summed E-state index contributed by atoms with van der Waals surface area (Å²) in [7, 11) is 0. The van der Waals surface area contributed by atoms with Crippen molar-refractivity contribution in [3.05, 3.63) is 30.1 Å². The number of anilines is 1. The van der Waals surface area contributed by atoms with Gasteiger partial charge >= 0.3 is 0 Å². The van der Waals surface area contributed by atoms with Gasteiger partial charge in [-0.25, -0.2) is 4.39 Å². The lowest BCUT2D eigenvalue weighted by Crippen LogP contribution is -2.34. The first-order valence-electron chi connectivity index (χ1n) is 4.45. The van der Waals surface area contributed by atoms with Gasteiger partial charge in [0.2, 0.25) is 5.91 Å². The zero-order valence-electron chi connectivity index (χ0n) is 7.96. The van der Waals surface area contributed by atoms with Crippen molar-refractivity contribution in [2.75, 3.05) is 5.32 Å². The minimum atomic E-state index is -0.543. The molecule has 0 radical (unpaired) electrons. The Kier molecular flexibility index (Phi) is 3.59. The summed E-state index contributed by atoms with van der Waals surface area (Å²) in [5.41, 5.74) is 5.93. The minimum absolute atomic E-state index is 0.293. The number of carbonyl (C=O) groups is 1. The highest BCUT2D eigenvalue weighted by atomic mass is 19.1. The Bertz CT molecular complexity index is 328. The lowest BCUT2D eigenvalue weighted by Gasteiger charge is -2.09. The average Bonchev–Trinajstić information content (AvgIpc) is 2.16. The molecule has 0 saturated carbocycles. The van der Waals surface area contributed by atoms with Gasteiger partial charge in [-0.1, -0.05) is 13.0 Å². The van der Waals surface area contributed by atoms with E-state index in [2.05, 4.69) is 5.32 Å². The van der Waals surface area contributed by atoms with Crippen LogP contribution in [0.5, 0.6) is 0 Å². The van der Waals surface area contributed by atoms with Crippen molar-refractivity contribution < 1.29 is 9.18 Å². The van der Waals surface area contributed by atoms with Crippen LogP contribution in [0.25, 0.3) is 0 Å². The van der Waals surface area contributed by atoms with Gasteiger partial charge in [0.15, 0.2) is 0 Å². The molecule has 1 amide bonds. The molecule has 0 aliphatic carbocycles. The summed E-state index contributed by atoms with van der Waals surface area (Å²) in [6.45, 7) is 1.82. The smallest absolute Gasteiger partial charge is 0.241 e. The van der Waals surface area contributed by atoms with Crippen LogP contribution in [-0.2, 0) is 4.79 Å². The Labute approximate surface area is 82.1 Å². The predicted octanol–water partition coefficient (Wildman–Crippen LogP) is 1.50. The van der Waals surface area contributed by atoms with E-state index in [1.807, 2.05) is 6.92 Å². The van der Waals surface area contributed by atoms with Crippen molar-refractivity contribution in [3.8, 4) is 0 Å². The summed E-state index contributed by atoms with van der Waals surface area (Å²) >= 11 is 0. The number of benzene rings is 1. The van der Waals surface area contributed by atoms with Crippen molar-refractivity contribution in [1.82, 2.24) is 0 Å². The van der Waals surface area contributed by atoms with Gasteiger partial charge < -0.3 is 11.1 Å². The second-order valence-corrected chi connectivity index (χ2v) is 3.01. The van der Waals surface area contributed by atoms with E-state index in [0.717, 1.165) is 0 Å². The number of halogens is 1. The first-order chi connectivity index (χ1) is 6.63. The van der Waals surface area contributed by atoms with Crippen molar-refractivity contribution >= 4 is 11.6 Å². The molecule has 0 spiro atoms. The average molecular weight is 196 g/mol. The number of nitrogens with two attached hydrogens (primary N) is 1. The van der Waals surface area contributed by atoms with Crippen LogP contribution in [-0.4, -0.2) is 11.9 Å². The SMILES string of the molecule is CCC(N)C(=O)Nc1cccc(F)c1. The van der Waals surface area contributed by atoms with E-state index in [4.69, 9.17) is 5.73 Å². The third kappa shape index (κ3) is 2.81. The van der Waals surface area contributed by atoms with Gasteiger partial charge in [0.25, 0.3) is 0 Å². The van der Waals surface area contributed by atoms with Crippen LogP contribution in [0.2, 0.25) is 0 Å². The van der Waals surface area contributed by atoms with Crippen molar-refractivity contribution in [3.63, 3.8) is 0 Å². The van der Waals surface area contributed by atoms with Crippen molar-refractivity contribution in [2.45, 2.75) is 19.4 Å². The zero-order valence-corrected chi connectivity index (χ0v) is 7.96. The molecule has 1 unspecified atom stereocenters. The molecule has 1 rings (SSSR count). The molecule has 1 atom stereocenters. The zero-order chi connectivity index (χ0) is 10.6. The Morgan fingerprint density at radius 2 is 2.36 bits per heavy atom. The highest BCUT2D eigenvalue weighted by Gasteiger charge is 2.10. The van der Waals surface area contributed by atoms with E-state index >= 15 is 0 Å². The summed E-state index contributed by atoms with van der Waals surface area (Å²) in [6, 6.07) is 5.17. The normalized spacial score (nSPS) is 12.2. The lowest BCUT2D eigenvalue weighted by molar-refractivity contribution is -0.117. The molecule has 0 aromatic heterocycles. The first-order valence-corrected chi connectivity index (χ1v) is 4.45. The molecule has 1 aromatic carbocycles. The second kappa shape index (κ2) is 4.72. The Morgan fingerprint density at radius 3 is 2.93 bits per heavy atom. The van der Waals surface area contributed by atoms with Crippen LogP contribution in [0.3, 0.4) is 0 Å². The van der Waals surface area contributed by atoms with Gasteiger partial charge in [0.1, 0.15) is 5.82 Å². The summed E-state index contributed by atoms with van der Waals surface area (Å²) in [4.78, 5) is 11.3. The van der Waals surface area contributed by atoms with E-state index in [-0.39, 0.29) is 11.7 Å². The van der Waals surface area contributed by atoms with Crippen molar-refractivity contribution in [2.24, 2.45) is 5.73 Å². The van der Waals surface area contributed by atoms with Gasteiger partial charge in [0, 0.05) is 5.69 Å². The molecule has 0 aliphatic rings. The van der Waals surface area contributed by atoms with E-state index in [0.29, 0.717) is 12.1 Å². The summed E-state index contributed by atoms with van der Waals surface area (Å²) in [5.74, 6) is -0.675.